The normalized spacial score (nSPS) is 23.2. The zero-order valence-corrected chi connectivity index (χ0v) is 43.2. The van der Waals surface area contributed by atoms with Crippen LogP contribution in [0.4, 0.5) is 15.1 Å². The van der Waals surface area contributed by atoms with Crippen LogP contribution in [0.25, 0.3) is 32.9 Å². The molecule has 3 unspecified atom stereocenters. The molecule has 4 fully saturated rings. The number of hydrogen-bond donors (Lipinski definition) is 2. The molecule has 72 heavy (non-hydrogen) atoms. The topological polar surface area (TPSA) is 170 Å². The molecule has 3 aliphatic heterocycles. The van der Waals surface area contributed by atoms with Crippen molar-refractivity contribution in [3.63, 3.8) is 0 Å². The van der Waals surface area contributed by atoms with Crippen LogP contribution in [0.5, 0.6) is 0 Å². The van der Waals surface area contributed by atoms with Crippen LogP contribution >= 0.6 is 0 Å². The van der Waals surface area contributed by atoms with E-state index in [1.807, 2.05) is 51.1 Å². The molecule has 0 spiro atoms. The number of likely N-dealkylation sites (tertiary alicyclic amines) is 1. The molecule has 3 saturated heterocycles. The van der Waals surface area contributed by atoms with Gasteiger partial charge in [0.05, 0.1) is 23.9 Å². The number of pyridine rings is 1. The van der Waals surface area contributed by atoms with Crippen molar-refractivity contribution in [1.29, 1.82) is 0 Å². The van der Waals surface area contributed by atoms with Gasteiger partial charge in [0.1, 0.15) is 21.7 Å². The maximum absolute atomic E-state index is 14.9. The molecule has 1 saturated carbocycles. The standard InChI is InChI=1S/C55H68FN7O8S/c1-36-11-7-9-24-54(36,6)72(66,67)63-29-23-42-44(34-57-49(64)47(42)63)37-13-20-45-43(33-37)48(55(70-41-18-19-41,38-14-16-39(56)17-15-38)35-69-46-12-8-10-32-68-46)59-50(58-45)62-27-21-40(22-28-62)61-30-25-53(5,26-31-61)60-51(65)71-52(2,3)4/h7,9,11,13-17,20,23,29,33-34,40-41,46H,8,10,12,18-19,21-22,24-28,30-32,35H2,1-6H3,(H,57,64)(H,60,65). The average Bonchev–Trinajstić information content (AvgIpc) is 4.05. The molecule has 15 nitrogen and oxygen atoms in total. The fourth-order valence-corrected chi connectivity index (χ4v) is 12.7. The minimum absolute atomic E-state index is 0.0275. The SMILES string of the molecule is CC1=CC=CCC1(C)S(=O)(=O)n1ccc2c(-c3ccc4nc(N5CCC(N6CCC(C)(NC(=O)OC(C)(C)C)CC6)CC5)nc(C(COC5CCCCO5)(OC5CC5)c5ccc(F)cc5)c4c3)c[nH]c(=O)c21. The Morgan fingerprint density at radius 2 is 1.71 bits per heavy atom. The summed E-state index contributed by atoms with van der Waals surface area (Å²) in [6, 6.07) is 14.2. The van der Waals surface area contributed by atoms with Crippen molar-refractivity contribution in [2.75, 3.05) is 44.3 Å². The van der Waals surface area contributed by atoms with Gasteiger partial charge in [-0.1, -0.05) is 42.0 Å². The van der Waals surface area contributed by atoms with Gasteiger partial charge in [0.25, 0.3) is 5.56 Å². The summed E-state index contributed by atoms with van der Waals surface area (Å²) in [5.41, 5.74) is 1.09. The Kier molecular flexibility index (Phi) is 13.5. The summed E-state index contributed by atoms with van der Waals surface area (Å²) < 4.78 is 69.5. The molecule has 384 valence electrons. The van der Waals surface area contributed by atoms with Gasteiger partial charge in [-0.2, -0.15) is 0 Å². The zero-order chi connectivity index (χ0) is 50.6. The van der Waals surface area contributed by atoms with Crippen LogP contribution in [-0.2, 0) is 34.6 Å². The lowest BCUT2D eigenvalue weighted by molar-refractivity contribution is -0.197. The van der Waals surface area contributed by atoms with Crippen LogP contribution < -0.4 is 15.8 Å². The molecule has 5 aliphatic rings. The van der Waals surface area contributed by atoms with Gasteiger partial charge in [-0.3, -0.25) is 4.79 Å². The number of allylic oxidation sites excluding steroid dienone is 3. The van der Waals surface area contributed by atoms with Gasteiger partial charge in [0, 0.05) is 73.1 Å². The van der Waals surface area contributed by atoms with Crippen molar-refractivity contribution >= 4 is 43.9 Å². The van der Waals surface area contributed by atoms with Gasteiger partial charge in [-0.15, -0.1) is 0 Å². The van der Waals surface area contributed by atoms with E-state index in [9.17, 15) is 22.4 Å². The van der Waals surface area contributed by atoms with Crippen molar-refractivity contribution in [2.24, 2.45) is 0 Å². The Labute approximate surface area is 421 Å². The number of anilines is 1. The molecule has 10 rings (SSSR count). The number of fused-ring (bicyclic) bond motifs is 2. The van der Waals surface area contributed by atoms with Crippen molar-refractivity contribution in [3.8, 4) is 11.1 Å². The van der Waals surface area contributed by atoms with Crippen molar-refractivity contribution in [3.05, 3.63) is 112 Å². The molecule has 3 atom stereocenters. The highest BCUT2D eigenvalue weighted by atomic mass is 32.2. The minimum Gasteiger partial charge on any atom is -0.444 e. The number of carbonyl (C=O) groups excluding carboxylic acids is 1. The molecule has 2 aliphatic carbocycles. The minimum atomic E-state index is -4.11. The predicted molar refractivity (Wildman–Crippen MR) is 276 cm³/mol. The first kappa shape index (κ1) is 50.1. The summed E-state index contributed by atoms with van der Waals surface area (Å²) in [7, 11) is -4.11. The fourth-order valence-electron chi connectivity index (χ4n) is 10.9. The number of aromatic nitrogens is 4. The summed E-state index contributed by atoms with van der Waals surface area (Å²) in [4.78, 5) is 44.9. The highest BCUT2D eigenvalue weighted by Gasteiger charge is 2.47. The lowest BCUT2D eigenvalue weighted by Gasteiger charge is -2.45. The largest absolute Gasteiger partial charge is 0.444 e. The molecule has 1 amide bonds. The molecule has 17 heteroatoms. The number of H-pyrrole nitrogens is 1. The average molecular weight is 1010 g/mol. The van der Waals surface area contributed by atoms with Crippen LogP contribution in [0, 0.1) is 5.82 Å². The van der Waals surface area contributed by atoms with Crippen LogP contribution in [0.2, 0.25) is 0 Å². The lowest BCUT2D eigenvalue weighted by atomic mass is 9.87. The summed E-state index contributed by atoms with van der Waals surface area (Å²) in [5, 5.41) is 4.27. The Hall–Kier alpha value is -5.46. The summed E-state index contributed by atoms with van der Waals surface area (Å²) in [6.07, 6.45) is 15.6. The first-order valence-electron chi connectivity index (χ1n) is 25.7. The third-order valence-electron chi connectivity index (χ3n) is 15.5. The second-order valence-electron chi connectivity index (χ2n) is 21.9. The lowest BCUT2D eigenvalue weighted by Crippen LogP contribution is -2.57. The van der Waals surface area contributed by atoms with Gasteiger partial charge in [0.2, 0.25) is 16.0 Å². The Bertz CT molecular complexity index is 3070. The van der Waals surface area contributed by atoms with Crippen molar-refractivity contribution in [1.82, 2.24) is 29.1 Å². The van der Waals surface area contributed by atoms with E-state index in [0.29, 0.717) is 75.9 Å². The smallest absolute Gasteiger partial charge is 0.408 e. The number of alkyl carbamates (subject to hydrolysis) is 1. The van der Waals surface area contributed by atoms with E-state index in [4.69, 9.17) is 28.9 Å². The number of hydrogen-bond acceptors (Lipinski definition) is 12. The first-order chi connectivity index (χ1) is 34.3. The molecule has 3 aromatic heterocycles. The van der Waals surface area contributed by atoms with Crippen LogP contribution in [0.3, 0.4) is 0 Å². The highest BCUT2D eigenvalue weighted by Crippen LogP contribution is 2.45. The van der Waals surface area contributed by atoms with E-state index in [1.165, 1.54) is 18.3 Å². The van der Waals surface area contributed by atoms with Gasteiger partial charge < -0.3 is 39.0 Å². The number of piperidine rings is 2. The number of amides is 1. The molecule has 6 heterocycles. The van der Waals surface area contributed by atoms with Gasteiger partial charge in [-0.25, -0.2) is 31.5 Å². The maximum atomic E-state index is 14.9. The predicted octanol–water partition coefficient (Wildman–Crippen LogP) is 9.24. The summed E-state index contributed by atoms with van der Waals surface area (Å²) in [6.45, 7) is 14.9. The second-order valence-corrected chi connectivity index (χ2v) is 24.2. The molecule has 2 N–H and O–H groups in total. The van der Waals surface area contributed by atoms with Crippen LogP contribution in [0.1, 0.15) is 117 Å². The second kappa shape index (κ2) is 19.4. The fraction of sp³-hybridized carbons (Fsp3) is 0.527. The molecule has 2 aromatic carbocycles. The molecule has 0 bridgehead atoms. The third kappa shape index (κ3) is 9.86. The van der Waals surface area contributed by atoms with E-state index in [0.717, 1.165) is 74.8 Å². The quantitative estimate of drug-likeness (QED) is 0.115. The number of carbonyl (C=O) groups is 1. The number of nitrogens with one attached hydrogen (secondary N) is 2. The zero-order valence-electron chi connectivity index (χ0n) is 42.3. The maximum Gasteiger partial charge on any atom is 0.408 e. The number of benzene rings is 2. The number of halogens is 1. The molecule has 0 radical (unpaired) electrons. The Morgan fingerprint density at radius 3 is 2.39 bits per heavy atom. The third-order valence-corrected chi connectivity index (χ3v) is 18.0. The highest BCUT2D eigenvalue weighted by molar-refractivity contribution is 7.91. The number of rotatable bonds is 13. The number of ether oxygens (including phenoxy) is 4. The van der Waals surface area contributed by atoms with Gasteiger partial charge in [0.15, 0.2) is 11.9 Å². The van der Waals surface area contributed by atoms with Crippen molar-refractivity contribution < 1.29 is 36.6 Å². The van der Waals surface area contributed by atoms with E-state index in [1.54, 1.807) is 44.3 Å². The van der Waals surface area contributed by atoms with Gasteiger partial charge >= 0.3 is 6.09 Å². The van der Waals surface area contributed by atoms with Crippen molar-refractivity contribution in [2.45, 2.75) is 146 Å². The molecule has 5 aromatic rings. The van der Waals surface area contributed by atoms with Gasteiger partial charge in [-0.05, 0) is 147 Å². The van der Waals surface area contributed by atoms with Crippen LogP contribution in [0.15, 0.2) is 89.5 Å². The Balaban J connectivity index is 1.04. The summed E-state index contributed by atoms with van der Waals surface area (Å²) >= 11 is 0. The first-order valence-corrected chi connectivity index (χ1v) is 27.1. The van der Waals surface area contributed by atoms with E-state index in [2.05, 4.69) is 27.0 Å². The van der Waals surface area contributed by atoms with E-state index >= 15 is 0 Å². The van der Waals surface area contributed by atoms with E-state index < -0.39 is 37.8 Å². The molecular weight excluding hydrogens is 938 g/mol. The van der Waals surface area contributed by atoms with E-state index in [-0.39, 0.29) is 42.1 Å². The Morgan fingerprint density at radius 1 is 0.958 bits per heavy atom. The summed E-state index contributed by atoms with van der Waals surface area (Å²) in [5.74, 6) is 0.156. The molecular formula is C55H68FN7O8S. The number of nitrogens with zero attached hydrogens (tertiary/aromatic N) is 5. The van der Waals surface area contributed by atoms with Crippen LogP contribution in [-0.4, -0.2) is 112 Å². The monoisotopic (exact) mass is 1010 g/mol. The number of aromatic amines is 1.